The average Bonchev–Trinajstić information content (AvgIpc) is 3.10. The molecule has 1 saturated heterocycles. The van der Waals surface area contributed by atoms with Gasteiger partial charge in [-0.3, -0.25) is 4.79 Å². The fraction of sp³-hybridized carbons (Fsp3) is 0.450. The number of benzene rings is 1. The first-order valence-electron chi connectivity index (χ1n) is 9.38. The molecule has 2 aromatic rings. The molecule has 1 amide bonds. The number of aryl methyl sites for hydroxylation is 1. The second kappa shape index (κ2) is 8.70. The maximum atomic E-state index is 11.3. The van der Waals surface area contributed by atoms with Crippen LogP contribution in [-0.2, 0) is 11.2 Å². The van der Waals surface area contributed by atoms with E-state index in [9.17, 15) is 4.79 Å². The first-order chi connectivity index (χ1) is 13.1. The number of amides is 1. The van der Waals surface area contributed by atoms with E-state index in [4.69, 9.17) is 9.72 Å². The van der Waals surface area contributed by atoms with E-state index in [0.29, 0.717) is 5.95 Å². The fourth-order valence-corrected chi connectivity index (χ4v) is 3.29. The summed E-state index contributed by atoms with van der Waals surface area (Å²) in [6.07, 6.45) is 2.83. The van der Waals surface area contributed by atoms with Gasteiger partial charge in [-0.2, -0.15) is 4.98 Å². The van der Waals surface area contributed by atoms with Crippen LogP contribution in [0.25, 0.3) is 0 Å². The van der Waals surface area contributed by atoms with Gasteiger partial charge < -0.3 is 20.3 Å². The summed E-state index contributed by atoms with van der Waals surface area (Å²) in [5.41, 5.74) is 1.89. The van der Waals surface area contributed by atoms with E-state index >= 15 is 0 Å². The Hall–Kier alpha value is -2.83. The fourth-order valence-electron chi connectivity index (χ4n) is 3.29. The third kappa shape index (κ3) is 5.09. The van der Waals surface area contributed by atoms with Gasteiger partial charge in [0.25, 0.3) is 0 Å². The highest BCUT2D eigenvalue weighted by Crippen LogP contribution is 2.24. The summed E-state index contributed by atoms with van der Waals surface area (Å²) in [5.74, 6) is 2.26. The zero-order chi connectivity index (χ0) is 19.2. The number of nitrogens with one attached hydrogen (secondary N) is 2. The van der Waals surface area contributed by atoms with E-state index in [1.807, 2.05) is 24.3 Å². The Kier molecular flexibility index (Phi) is 6.11. The standard InChI is InChI=1S/C20H27N5O2/c1-4-6-15-12-19(25-10-9-17(13-25)21-14(2)26)24-20(22-15)23-16-7-5-8-18(11-16)27-3/h5,7-8,11-12,17H,4,6,9-10,13H2,1-3H3,(H,21,26)(H,22,23,24). The van der Waals surface area contributed by atoms with E-state index in [1.165, 1.54) is 0 Å². The Morgan fingerprint density at radius 3 is 2.93 bits per heavy atom. The topological polar surface area (TPSA) is 79.4 Å². The predicted octanol–water partition coefficient (Wildman–Crippen LogP) is 2.90. The second-order valence-corrected chi connectivity index (χ2v) is 6.78. The lowest BCUT2D eigenvalue weighted by Crippen LogP contribution is -2.35. The number of methoxy groups -OCH3 is 1. The lowest BCUT2D eigenvalue weighted by atomic mass is 10.2. The van der Waals surface area contributed by atoms with Crippen molar-refractivity contribution in [3.05, 3.63) is 36.0 Å². The number of carbonyl (C=O) groups excluding carboxylic acids is 1. The van der Waals surface area contributed by atoms with Crippen LogP contribution in [-0.4, -0.2) is 42.1 Å². The van der Waals surface area contributed by atoms with Crippen LogP contribution >= 0.6 is 0 Å². The molecule has 0 saturated carbocycles. The van der Waals surface area contributed by atoms with Crippen molar-refractivity contribution in [2.24, 2.45) is 0 Å². The molecule has 144 valence electrons. The van der Waals surface area contributed by atoms with Crippen LogP contribution in [0.5, 0.6) is 5.75 Å². The lowest BCUT2D eigenvalue weighted by molar-refractivity contribution is -0.119. The molecule has 1 aromatic heterocycles. The number of hydrogen-bond acceptors (Lipinski definition) is 6. The summed E-state index contributed by atoms with van der Waals surface area (Å²) in [4.78, 5) is 22.9. The average molecular weight is 369 g/mol. The van der Waals surface area contributed by atoms with Crippen LogP contribution in [0.2, 0.25) is 0 Å². The van der Waals surface area contributed by atoms with Crippen LogP contribution in [0.4, 0.5) is 17.5 Å². The normalized spacial score (nSPS) is 16.3. The summed E-state index contributed by atoms with van der Waals surface area (Å²) in [6, 6.07) is 9.92. The number of hydrogen-bond donors (Lipinski definition) is 2. The molecule has 0 aliphatic carbocycles. The molecule has 1 aromatic carbocycles. The molecule has 2 N–H and O–H groups in total. The molecular weight excluding hydrogens is 342 g/mol. The van der Waals surface area contributed by atoms with Gasteiger partial charge in [0.15, 0.2) is 0 Å². The monoisotopic (exact) mass is 369 g/mol. The summed E-state index contributed by atoms with van der Waals surface area (Å²) >= 11 is 0. The van der Waals surface area contributed by atoms with Crippen molar-refractivity contribution in [2.75, 3.05) is 30.4 Å². The summed E-state index contributed by atoms with van der Waals surface area (Å²) in [6.45, 7) is 5.33. The van der Waals surface area contributed by atoms with E-state index in [2.05, 4.69) is 33.5 Å². The molecule has 0 bridgehead atoms. The lowest BCUT2D eigenvalue weighted by Gasteiger charge is -2.19. The van der Waals surface area contributed by atoms with E-state index in [1.54, 1.807) is 14.0 Å². The van der Waals surface area contributed by atoms with Crippen molar-refractivity contribution in [3.8, 4) is 5.75 Å². The Balaban J connectivity index is 1.81. The molecule has 0 radical (unpaired) electrons. The summed E-state index contributed by atoms with van der Waals surface area (Å²) in [7, 11) is 1.65. The van der Waals surface area contributed by atoms with Gasteiger partial charge in [0.05, 0.1) is 7.11 Å². The molecule has 1 aliphatic rings. The summed E-state index contributed by atoms with van der Waals surface area (Å²) in [5, 5.41) is 6.28. The number of ether oxygens (including phenoxy) is 1. The first kappa shape index (κ1) is 18.9. The minimum Gasteiger partial charge on any atom is -0.497 e. The molecule has 0 spiro atoms. The van der Waals surface area contributed by atoms with Crippen molar-refractivity contribution in [1.29, 1.82) is 0 Å². The number of anilines is 3. The summed E-state index contributed by atoms with van der Waals surface area (Å²) < 4.78 is 5.28. The van der Waals surface area contributed by atoms with Crippen molar-refractivity contribution in [1.82, 2.24) is 15.3 Å². The molecule has 7 nitrogen and oxygen atoms in total. The van der Waals surface area contributed by atoms with Gasteiger partial charge in [-0.15, -0.1) is 0 Å². The van der Waals surface area contributed by atoms with Crippen LogP contribution in [0, 0.1) is 0 Å². The second-order valence-electron chi connectivity index (χ2n) is 6.78. The van der Waals surface area contributed by atoms with Gasteiger partial charge in [0.2, 0.25) is 11.9 Å². The van der Waals surface area contributed by atoms with E-state index in [-0.39, 0.29) is 11.9 Å². The van der Waals surface area contributed by atoms with E-state index in [0.717, 1.165) is 55.3 Å². The maximum Gasteiger partial charge on any atom is 0.229 e. The third-order valence-corrected chi connectivity index (χ3v) is 4.52. The maximum absolute atomic E-state index is 11.3. The predicted molar refractivity (Wildman–Crippen MR) is 107 cm³/mol. The molecule has 1 fully saturated rings. The first-order valence-corrected chi connectivity index (χ1v) is 9.38. The quantitative estimate of drug-likeness (QED) is 0.781. The highest BCUT2D eigenvalue weighted by Gasteiger charge is 2.24. The van der Waals surface area contributed by atoms with Crippen LogP contribution in [0.15, 0.2) is 30.3 Å². The van der Waals surface area contributed by atoms with Crippen molar-refractivity contribution >= 4 is 23.4 Å². The molecule has 1 aliphatic heterocycles. The molecule has 1 atom stereocenters. The number of nitrogens with zero attached hydrogens (tertiary/aromatic N) is 3. The molecule has 27 heavy (non-hydrogen) atoms. The Morgan fingerprint density at radius 2 is 2.19 bits per heavy atom. The number of carbonyl (C=O) groups is 1. The Bertz CT molecular complexity index is 796. The van der Waals surface area contributed by atoms with Crippen molar-refractivity contribution in [2.45, 2.75) is 39.2 Å². The minimum absolute atomic E-state index is 0.0107. The van der Waals surface area contributed by atoms with Gasteiger partial charge >= 0.3 is 0 Å². The highest BCUT2D eigenvalue weighted by molar-refractivity contribution is 5.73. The van der Waals surface area contributed by atoms with Crippen molar-refractivity contribution in [3.63, 3.8) is 0 Å². The van der Waals surface area contributed by atoms with Gasteiger partial charge in [0, 0.05) is 49.6 Å². The Morgan fingerprint density at radius 1 is 1.33 bits per heavy atom. The van der Waals surface area contributed by atoms with Crippen molar-refractivity contribution < 1.29 is 9.53 Å². The number of rotatable bonds is 7. The third-order valence-electron chi connectivity index (χ3n) is 4.52. The van der Waals surface area contributed by atoms with Crippen LogP contribution in [0.1, 0.15) is 32.4 Å². The SMILES string of the molecule is CCCc1cc(N2CCC(NC(C)=O)C2)nc(Nc2cccc(OC)c2)n1. The van der Waals surface area contributed by atoms with Gasteiger partial charge in [-0.05, 0) is 25.0 Å². The Labute approximate surface area is 160 Å². The zero-order valence-electron chi connectivity index (χ0n) is 16.2. The molecule has 7 heteroatoms. The molecule has 1 unspecified atom stereocenters. The van der Waals surface area contributed by atoms with Crippen LogP contribution in [0.3, 0.4) is 0 Å². The van der Waals surface area contributed by atoms with Gasteiger partial charge in [-0.1, -0.05) is 19.4 Å². The van der Waals surface area contributed by atoms with Crippen LogP contribution < -0.4 is 20.3 Å². The van der Waals surface area contributed by atoms with E-state index < -0.39 is 0 Å². The zero-order valence-corrected chi connectivity index (χ0v) is 16.2. The highest BCUT2D eigenvalue weighted by atomic mass is 16.5. The molecule has 2 heterocycles. The van der Waals surface area contributed by atoms with Gasteiger partial charge in [0.1, 0.15) is 11.6 Å². The molecular formula is C20H27N5O2. The number of aromatic nitrogens is 2. The largest absolute Gasteiger partial charge is 0.497 e. The minimum atomic E-state index is 0.0107. The molecule has 3 rings (SSSR count). The van der Waals surface area contributed by atoms with Gasteiger partial charge in [-0.25, -0.2) is 4.98 Å². The smallest absolute Gasteiger partial charge is 0.229 e.